The van der Waals surface area contributed by atoms with Crippen molar-refractivity contribution in [2.45, 2.75) is 0 Å². The van der Waals surface area contributed by atoms with E-state index in [-0.39, 0.29) is 0 Å². The van der Waals surface area contributed by atoms with Gasteiger partial charge in [-0.3, -0.25) is 4.57 Å². The first-order chi connectivity index (χ1) is 14.6. The summed E-state index contributed by atoms with van der Waals surface area (Å²) in [4.78, 5) is 3.65. The SMILES string of the molecule is [C-]#[N+]c1cc2ccc3c4ccc5c(ccc6cc(C#N)n(C)c65)c4ccc3c2n1C. The van der Waals surface area contributed by atoms with E-state index in [4.69, 9.17) is 6.57 Å². The number of nitrogens with zero attached hydrogens (tertiary/aromatic N) is 4. The van der Waals surface area contributed by atoms with Gasteiger partial charge in [-0.05, 0) is 39.7 Å². The molecular weight excluding hydrogens is 368 g/mol. The Kier molecular flexibility index (Phi) is 3.12. The second kappa shape index (κ2) is 5.63. The van der Waals surface area contributed by atoms with Crippen LogP contribution in [0.1, 0.15) is 5.69 Å². The number of hydrogen-bond acceptors (Lipinski definition) is 1. The Bertz CT molecular complexity index is 1650. The van der Waals surface area contributed by atoms with Crippen molar-refractivity contribution in [1.82, 2.24) is 9.13 Å². The normalized spacial score (nSPS) is 11.6. The van der Waals surface area contributed by atoms with Gasteiger partial charge in [0.05, 0.1) is 12.6 Å². The first kappa shape index (κ1) is 16.7. The summed E-state index contributed by atoms with van der Waals surface area (Å²) in [7, 11) is 3.91. The summed E-state index contributed by atoms with van der Waals surface area (Å²) in [5, 5.41) is 18.7. The van der Waals surface area contributed by atoms with Crippen molar-refractivity contribution < 1.29 is 0 Å². The highest BCUT2D eigenvalue weighted by molar-refractivity contribution is 6.24. The molecule has 0 unspecified atom stereocenters. The average molecular weight is 384 g/mol. The molecule has 0 fully saturated rings. The zero-order valence-electron chi connectivity index (χ0n) is 16.6. The van der Waals surface area contributed by atoms with Crippen molar-refractivity contribution in [1.29, 1.82) is 5.26 Å². The molecule has 0 radical (unpaired) electrons. The Hall–Kier alpha value is -4.28. The zero-order valence-corrected chi connectivity index (χ0v) is 16.6. The number of hydrogen-bond donors (Lipinski definition) is 0. The van der Waals surface area contributed by atoms with E-state index in [9.17, 15) is 5.26 Å². The molecule has 2 aromatic heterocycles. The third-order valence-electron chi connectivity index (χ3n) is 6.38. The molecule has 0 amide bonds. The highest BCUT2D eigenvalue weighted by Gasteiger charge is 2.15. The number of fused-ring (bicyclic) bond motifs is 9. The minimum absolute atomic E-state index is 0.649. The summed E-state index contributed by atoms with van der Waals surface area (Å²) >= 11 is 0. The molecule has 0 aliphatic carbocycles. The summed E-state index contributed by atoms with van der Waals surface area (Å²) in [5.74, 6) is 0.649. The first-order valence-corrected chi connectivity index (χ1v) is 9.76. The van der Waals surface area contributed by atoms with E-state index < -0.39 is 0 Å². The lowest BCUT2D eigenvalue weighted by Crippen LogP contribution is -1.92. The molecule has 0 N–H and O–H groups in total. The smallest absolute Gasteiger partial charge is 0.231 e. The lowest BCUT2D eigenvalue weighted by atomic mass is 9.95. The van der Waals surface area contributed by atoms with Crippen molar-refractivity contribution in [2.24, 2.45) is 14.1 Å². The minimum atomic E-state index is 0.649. The van der Waals surface area contributed by atoms with Crippen molar-refractivity contribution in [3.8, 4) is 6.07 Å². The molecule has 140 valence electrons. The van der Waals surface area contributed by atoms with Crippen LogP contribution in [0.4, 0.5) is 5.82 Å². The maximum Gasteiger partial charge on any atom is 0.231 e. The fourth-order valence-corrected chi connectivity index (χ4v) is 4.95. The molecule has 0 saturated carbocycles. The molecule has 0 atom stereocenters. The van der Waals surface area contributed by atoms with Crippen LogP contribution in [0.25, 0.3) is 59.0 Å². The van der Waals surface area contributed by atoms with Crippen LogP contribution in [0.15, 0.2) is 60.7 Å². The predicted octanol–water partition coefficient (Wildman–Crippen LogP) is 6.55. The van der Waals surface area contributed by atoms with Crippen LogP contribution in [-0.2, 0) is 14.1 Å². The van der Waals surface area contributed by atoms with E-state index in [1.807, 2.05) is 35.4 Å². The van der Waals surface area contributed by atoms with Gasteiger partial charge in [0.25, 0.3) is 0 Å². The van der Waals surface area contributed by atoms with Gasteiger partial charge in [-0.1, -0.05) is 49.0 Å². The number of rotatable bonds is 0. The van der Waals surface area contributed by atoms with E-state index in [1.165, 1.54) is 21.5 Å². The maximum atomic E-state index is 9.42. The quantitative estimate of drug-likeness (QED) is 0.216. The van der Waals surface area contributed by atoms with Crippen molar-refractivity contribution >= 4 is 59.9 Å². The van der Waals surface area contributed by atoms with Gasteiger partial charge in [0.2, 0.25) is 5.82 Å². The maximum absolute atomic E-state index is 9.42. The lowest BCUT2D eigenvalue weighted by Gasteiger charge is -2.10. The standard InChI is InChI=1S/C26H16N4/c1-28-24-13-16-5-7-21-19-8-10-22-20(18(19)9-11-23(21)26(16)30(24)3)6-4-15-12-17(14-27)29(2)25(15)22/h4-13H,2-3H3. The van der Waals surface area contributed by atoms with Crippen LogP contribution in [0.3, 0.4) is 0 Å². The monoisotopic (exact) mass is 384 g/mol. The molecule has 0 aliphatic heterocycles. The van der Waals surface area contributed by atoms with E-state index in [0.717, 1.165) is 32.6 Å². The third-order valence-corrected chi connectivity index (χ3v) is 6.38. The van der Waals surface area contributed by atoms with E-state index in [1.54, 1.807) is 0 Å². The molecule has 4 nitrogen and oxygen atoms in total. The first-order valence-electron chi connectivity index (χ1n) is 9.76. The van der Waals surface area contributed by atoms with E-state index in [0.29, 0.717) is 11.5 Å². The summed E-state index contributed by atoms with van der Waals surface area (Å²) in [6.07, 6.45) is 0. The predicted molar refractivity (Wildman–Crippen MR) is 123 cm³/mol. The van der Waals surface area contributed by atoms with E-state index in [2.05, 4.69) is 59.4 Å². The molecule has 0 saturated heterocycles. The topological polar surface area (TPSA) is 38.0 Å². The fourth-order valence-electron chi connectivity index (χ4n) is 4.95. The Morgan fingerprint density at radius 1 is 0.700 bits per heavy atom. The van der Waals surface area contributed by atoms with Gasteiger partial charge in [-0.15, -0.1) is 0 Å². The van der Waals surface area contributed by atoms with E-state index >= 15 is 0 Å². The van der Waals surface area contributed by atoms with Crippen LogP contribution in [-0.4, -0.2) is 9.13 Å². The summed E-state index contributed by atoms with van der Waals surface area (Å²) in [6, 6.07) is 23.4. The van der Waals surface area contributed by atoms with Crippen LogP contribution in [0.5, 0.6) is 0 Å². The largest absolute Gasteiger partial charge is 0.364 e. The van der Waals surface area contributed by atoms with Crippen LogP contribution < -0.4 is 0 Å². The Labute approximate surface area is 172 Å². The zero-order chi connectivity index (χ0) is 20.6. The second-order valence-corrected chi connectivity index (χ2v) is 7.80. The van der Waals surface area contributed by atoms with Gasteiger partial charge in [0, 0.05) is 28.6 Å². The van der Waals surface area contributed by atoms with Crippen molar-refractivity contribution in [3.63, 3.8) is 0 Å². The Morgan fingerprint density at radius 2 is 1.17 bits per heavy atom. The lowest BCUT2D eigenvalue weighted by molar-refractivity contribution is 0.951. The third kappa shape index (κ3) is 1.93. The second-order valence-electron chi connectivity index (χ2n) is 7.80. The van der Waals surface area contributed by atoms with Gasteiger partial charge >= 0.3 is 0 Å². The highest BCUT2D eigenvalue weighted by atomic mass is 15.0. The van der Waals surface area contributed by atoms with Crippen molar-refractivity contribution in [2.75, 3.05) is 0 Å². The summed E-state index contributed by atoms with van der Waals surface area (Å²) < 4.78 is 3.96. The Balaban J connectivity index is 1.78. The molecule has 4 heteroatoms. The van der Waals surface area contributed by atoms with Gasteiger partial charge < -0.3 is 9.41 Å². The van der Waals surface area contributed by atoms with Crippen LogP contribution in [0, 0.1) is 17.9 Å². The molecule has 2 heterocycles. The summed E-state index contributed by atoms with van der Waals surface area (Å²) in [5.41, 5.74) is 2.85. The molecule has 30 heavy (non-hydrogen) atoms. The fraction of sp³-hybridized carbons (Fsp3) is 0.0769. The van der Waals surface area contributed by atoms with Gasteiger partial charge in [0.1, 0.15) is 17.3 Å². The van der Waals surface area contributed by atoms with Gasteiger partial charge in [-0.2, -0.15) is 5.26 Å². The van der Waals surface area contributed by atoms with Gasteiger partial charge in [0.15, 0.2) is 0 Å². The molecule has 0 aliphatic rings. The average Bonchev–Trinajstić information content (AvgIpc) is 3.29. The number of aryl methyl sites for hydroxylation is 2. The van der Waals surface area contributed by atoms with Crippen molar-refractivity contribution in [3.05, 3.63) is 77.8 Å². The minimum Gasteiger partial charge on any atom is -0.364 e. The number of aromatic nitrogens is 2. The summed E-state index contributed by atoms with van der Waals surface area (Å²) in [6.45, 7) is 7.43. The molecule has 0 bridgehead atoms. The molecule has 4 aromatic carbocycles. The molecule has 0 spiro atoms. The molecule has 6 aromatic rings. The number of benzene rings is 4. The Morgan fingerprint density at radius 3 is 1.73 bits per heavy atom. The van der Waals surface area contributed by atoms with Crippen LogP contribution in [0.2, 0.25) is 0 Å². The molecule has 6 rings (SSSR count). The highest BCUT2D eigenvalue weighted by Crippen LogP contribution is 2.38. The van der Waals surface area contributed by atoms with Gasteiger partial charge in [-0.25, -0.2) is 0 Å². The molecular formula is C26H16N4. The number of nitriles is 1. The van der Waals surface area contributed by atoms with Crippen LogP contribution >= 0.6 is 0 Å².